The van der Waals surface area contributed by atoms with Crippen LogP contribution in [0.3, 0.4) is 0 Å². The fourth-order valence-electron chi connectivity index (χ4n) is 2.87. The molecule has 0 saturated carbocycles. The van der Waals surface area contributed by atoms with Crippen molar-refractivity contribution >= 4 is 23.7 Å². The highest BCUT2D eigenvalue weighted by molar-refractivity contribution is 6.07. The van der Waals surface area contributed by atoms with Gasteiger partial charge in [-0.3, -0.25) is 4.79 Å². The van der Waals surface area contributed by atoms with Gasteiger partial charge >= 0.3 is 17.9 Å². The summed E-state index contributed by atoms with van der Waals surface area (Å²) in [6, 6.07) is 8.67. The van der Waals surface area contributed by atoms with Crippen LogP contribution in [0.5, 0.6) is 5.75 Å². The number of H-pyrrole nitrogens is 1. The molecule has 3 rings (SSSR count). The van der Waals surface area contributed by atoms with Gasteiger partial charge in [0.1, 0.15) is 35.1 Å². The molecule has 1 aromatic carbocycles. The van der Waals surface area contributed by atoms with Crippen molar-refractivity contribution in [1.82, 2.24) is 4.98 Å². The van der Waals surface area contributed by atoms with E-state index in [9.17, 15) is 29.4 Å². The van der Waals surface area contributed by atoms with Gasteiger partial charge in [0.05, 0.1) is 7.11 Å². The van der Waals surface area contributed by atoms with Crippen molar-refractivity contribution in [3.05, 3.63) is 69.4 Å². The molecule has 0 atom stereocenters. The van der Waals surface area contributed by atoms with Crippen LogP contribution in [0.25, 0.3) is 11.1 Å². The average molecular weight is 428 g/mol. The van der Waals surface area contributed by atoms with Crippen molar-refractivity contribution in [2.45, 2.75) is 6.61 Å². The molecule has 0 amide bonds. The fraction of sp³-hybridized carbons (Fsp3) is 0.100. The zero-order chi connectivity index (χ0) is 22.7. The van der Waals surface area contributed by atoms with E-state index >= 15 is 0 Å². The summed E-state index contributed by atoms with van der Waals surface area (Å²) in [5, 5.41) is 18.9. The number of nitrogen functional groups attached to an aromatic ring is 1. The van der Waals surface area contributed by atoms with Crippen LogP contribution in [0, 0.1) is 0 Å². The average Bonchev–Trinajstić information content (AvgIpc) is 3.20. The summed E-state index contributed by atoms with van der Waals surface area (Å²) >= 11 is 0. The Hall–Kier alpha value is -4.54. The molecular weight excluding hydrogens is 412 g/mol. The molecule has 0 radical (unpaired) electrons. The highest BCUT2D eigenvalue weighted by Gasteiger charge is 2.26. The van der Waals surface area contributed by atoms with Crippen LogP contribution >= 0.6 is 0 Å². The van der Waals surface area contributed by atoms with E-state index in [0.717, 1.165) is 0 Å². The fourth-order valence-corrected chi connectivity index (χ4v) is 2.87. The normalized spacial score (nSPS) is 10.5. The molecule has 160 valence electrons. The molecule has 0 saturated heterocycles. The van der Waals surface area contributed by atoms with Gasteiger partial charge in [-0.2, -0.15) is 0 Å². The third-order valence-corrected chi connectivity index (χ3v) is 4.24. The lowest BCUT2D eigenvalue weighted by atomic mass is 9.95. The van der Waals surface area contributed by atoms with E-state index in [1.807, 2.05) is 4.98 Å². The minimum absolute atomic E-state index is 0.0188. The Labute approximate surface area is 173 Å². The third kappa shape index (κ3) is 4.24. The summed E-state index contributed by atoms with van der Waals surface area (Å²) in [5.41, 5.74) is 3.14. The highest BCUT2D eigenvalue weighted by atomic mass is 16.5. The molecule has 11 heteroatoms. The first-order valence-electron chi connectivity index (χ1n) is 8.65. The number of esters is 1. The Morgan fingerprint density at radius 2 is 1.68 bits per heavy atom. The monoisotopic (exact) mass is 428 g/mol. The Morgan fingerprint density at radius 1 is 1.03 bits per heavy atom. The predicted molar refractivity (Wildman–Crippen MR) is 105 cm³/mol. The molecule has 0 aliphatic carbocycles. The van der Waals surface area contributed by atoms with Gasteiger partial charge in [0.2, 0.25) is 5.76 Å². The van der Waals surface area contributed by atoms with E-state index in [1.54, 1.807) is 0 Å². The van der Waals surface area contributed by atoms with Crippen molar-refractivity contribution < 1.29 is 38.5 Å². The number of carboxylic acids is 2. The number of carboxylic acid groups (broad SMARTS) is 2. The molecule has 11 nitrogen and oxygen atoms in total. The first kappa shape index (κ1) is 21.2. The second-order valence-corrected chi connectivity index (χ2v) is 6.17. The number of aromatic nitrogens is 1. The molecule has 3 aromatic rings. The number of benzene rings is 1. The molecule has 31 heavy (non-hydrogen) atoms. The second kappa shape index (κ2) is 8.45. The lowest BCUT2D eigenvalue weighted by Gasteiger charge is -2.12. The number of ether oxygens (including phenoxy) is 2. The number of nitrogens with two attached hydrogens (primary N) is 1. The summed E-state index contributed by atoms with van der Waals surface area (Å²) in [6.45, 7) is -0.0188. The summed E-state index contributed by atoms with van der Waals surface area (Å²) < 4.78 is 15.4. The first-order chi connectivity index (χ1) is 14.7. The van der Waals surface area contributed by atoms with Crippen LogP contribution in [0.2, 0.25) is 0 Å². The van der Waals surface area contributed by atoms with E-state index in [1.165, 1.54) is 43.5 Å². The van der Waals surface area contributed by atoms with Gasteiger partial charge < -0.3 is 34.8 Å². The van der Waals surface area contributed by atoms with E-state index < -0.39 is 40.4 Å². The number of carbonyl (C=O) groups is 3. The Balaban J connectivity index is 1.90. The molecular formula is C20H16N2O9. The van der Waals surface area contributed by atoms with Crippen molar-refractivity contribution in [2.24, 2.45) is 0 Å². The van der Waals surface area contributed by atoms with Gasteiger partial charge in [-0.15, -0.1) is 0 Å². The van der Waals surface area contributed by atoms with Gasteiger partial charge in [0, 0.05) is 5.56 Å². The minimum Gasteiger partial charge on any atom is -0.486 e. The molecule has 0 spiro atoms. The van der Waals surface area contributed by atoms with Gasteiger partial charge in [0.25, 0.3) is 5.56 Å². The molecule has 0 aliphatic rings. The van der Waals surface area contributed by atoms with Crippen LogP contribution in [0.15, 0.2) is 45.6 Å². The number of furan rings is 1. The number of anilines is 1. The second-order valence-electron chi connectivity index (χ2n) is 6.17. The summed E-state index contributed by atoms with van der Waals surface area (Å²) in [5.74, 6) is -3.47. The summed E-state index contributed by atoms with van der Waals surface area (Å²) in [6.07, 6.45) is 0. The summed E-state index contributed by atoms with van der Waals surface area (Å²) in [4.78, 5) is 48.7. The molecule has 2 heterocycles. The van der Waals surface area contributed by atoms with Crippen LogP contribution in [-0.4, -0.2) is 40.2 Å². The first-order valence-corrected chi connectivity index (χ1v) is 8.65. The van der Waals surface area contributed by atoms with Gasteiger partial charge in [-0.25, -0.2) is 14.4 Å². The van der Waals surface area contributed by atoms with Gasteiger partial charge in [-0.05, 0) is 29.8 Å². The van der Waals surface area contributed by atoms with Crippen LogP contribution in [0.1, 0.15) is 37.0 Å². The number of nitrogens with one attached hydrogen (secondary N) is 1. The third-order valence-electron chi connectivity index (χ3n) is 4.24. The number of pyridine rings is 1. The molecule has 5 N–H and O–H groups in total. The van der Waals surface area contributed by atoms with Crippen molar-refractivity contribution in [2.75, 3.05) is 12.8 Å². The zero-order valence-corrected chi connectivity index (χ0v) is 16.0. The molecule has 0 fully saturated rings. The number of carbonyl (C=O) groups excluding carboxylic acids is 1. The van der Waals surface area contributed by atoms with E-state index in [0.29, 0.717) is 11.5 Å². The largest absolute Gasteiger partial charge is 0.486 e. The van der Waals surface area contributed by atoms with Crippen LogP contribution < -0.4 is 16.0 Å². The number of methoxy groups -OCH3 is 1. The van der Waals surface area contributed by atoms with Crippen molar-refractivity contribution in [3.8, 4) is 16.9 Å². The molecule has 0 bridgehead atoms. The van der Waals surface area contributed by atoms with E-state index in [2.05, 4.69) is 4.74 Å². The predicted octanol–water partition coefficient (Wildman–Crippen LogP) is 1.98. The van der Waals surface area contributed by atoms with Crippen molar-refractivity contribution in [1.29, 1.82) is 0 Å². The maximum Gasteiger partial charge on any atom is 0.373 e. The number of hydrogen-bond donors (Lipinski definition) is 4. The Bertz CT molecular complexity index is 1220. The quantitative estimate of drug-likeness (QED) is 0.406. The minimum atomic E-state index is -1.60. The van der Waals surface area contributed by atoms with Gasteiger partial charge in [-0.1, -0.05) is 12.1 Å². The smallest absolute Gasteiger partial charge is 0.373 e. The standard InChI is InChI=1S/C20H16N2O9/c1-29-20(28)12-7-6-11(31-12)8-30-10-4-2-9(3-5-10)13-14(18(24)25)16(21)22-17(23)15(13)19(26)27/h2-7H,8H2,1H3,(H,24,25)(H,26,27)(H3,21,22,23). The van der Waals surface area contributed by atoms with E-state index in [-0.39, 0.29) is 23.5 Å². The van der Waals surface area contributed by atoms with Crippen LogP contribution in [-0.2, 0) is 11.3 Å². The molecule has 0 aliphatic heterocycles. The summed E-state index contributed by atoms with van der Waals surface area (Å²) in [7, 11) is 1.22. The number of rotatable bonds is 7. The molecule has 0 unspecified atom stereocenters. The van der Waals surface area contributed by atoms with E-state index in [4.69, 9.17) is 14.9 Å². The maximum absolute atomic E-state index is 12.1. The van der Waals surface area contributed by atoms with Crippen LogP contribution in [0.4, 0.5) is 5.82 Å². The number of aromatic amines is 1. The van der Waals surface area contributed by atoms with Crippen molar-refractivity contribution in [3.63, 3.8) is 0 Å². The van der Waals surface area contributed by atoms with Gasteiger partial charge in [0.15, 0.2) is 0 Å². The Kier molecular flexibility index (Phi) is 5.77. The lowest BCUT2D eigenvalue weighted by molar-refractivity contribution is 0.0559. The SMILES string of the molecule is COC(=O)c1ccc(COc2ccc(-c3c(C(=O)O)c(N)[nH]c(=O)c3C(=O)O)cc2)o1. The zero-order valence-electron chi connectivity index (χ0n) is 16.0. The maximum atomic E-state index is 12.1. The number of aromatic carboxylic acids is 2. The molecule has 2 aromatic heterocycles. The Morgan fingerprint density at radius 3 is 2.26 bits per heavy atom. The number of hydrogen-bond acceptors (Lipinski definition) is 8. The lowest BCUT2D eigenvalue weighted by Crippen LogP contribution is -2.24. The highest BCUT2D eigenvalue weighted by Crippen LogP contribution is 2.30. The topological polar surface area (TPSA) is 182 Å².